The summed E-state index contributed by atoms with van der Waals surface area (Å²) in [5.41, 5.74) is 3.11. The highest BCUT2D eigenvalue weighted by atomic mass is 79.9. The average molecular weight is 278 g/mol. The summed E-state index contributed by atoms with van der Waals surface area (Å²) >= 11 is 3.95. The topological polar surface area (TPSA) is 23.8 Å². The molecule has 0 aromatic rings. The van der Waals surface area contributed by atoms with Gasteiger partial charge < -0.3 is 0 Å². The Labute approximate surface area is 105 Å². The fraction of sp³-hybridized carbons (Fsp3) is 0.643. The van der Waals surface area contributed by atoms with E-state index in [1.54, 1.807) is 11.1 Å². The Morgan fingerprint density at radius 1 is 1.19 bits per heavy atom. The van der Waals surface area contributed by atoms with Gasteiger partial charge >= 0.3 is 0 Å². The fourth-order valence-electron chi connectivity index (χ4n) is 3.42. The minimum absolute atomic E-state index is 0.0581. The normalized spacial score (nSPS) is 41.5. The van der Waals surface area contributed by atoms with E-state index in [9.17, 15) is 5.26 Å². The van der Waals surface area contributed by atoms with Crippen LogP contribution in [0.2, 0.25) is 0 Å². The van der Waals surface area contributed by atoms with Crippen molar-refractivity contribution in [3.05, 3.63) is 23.3 Å². The van der Waals surface area contributed by atoms with Crippen LogP contribution in [0.25, 0.3) is 0 Å². The molecule has 1 nitrogen and oxygen atoms in total. The zero-order valence-corrected chi connectivity index (χ0v) is 11.0. The van der Waals surface area contributed by atoms with Crippen LogP contribution in [0.4, 0.5) is 0 Å². The summed E-state index contributed by atoms with van der Waals surface area (Å²) in [6.07, 6.45) is 12.1. The number of hydrogen-bond acceptors (Lipinski definition) is 1. The van der Waals surface area contributed by atoms with Crippen molar-refractivity contribution in [2.75, 3.05) is 0 Å². The minimum Gasteiger partial charge on any atom is -0.198 e. The van der Waals surface area contributed by atoms with Crippen molar-refractivity contribution in [1.82, 2.24) is 0 Å². The van der Waals surface area contributed by atoms with Crippen LogP contribution in [-0.4, -0.2) is 4.32 Å². The van der Waals surface area contributed by atoms with Crippen molar-refractivity contribution in [3.8, 4) is 6.07 Å². The van der Waals surface area contributed by atoms with E-state index in [-0.39, 0.29) is 10.2 Å². The lowest BCUT2D eigenvalue weighted by atomic mass is 9.64. The van der Waals surface area contributed by atoms with Gasteiger partial charge in [0.15, 0.2) is 0 Å². The molecule has 4 aliphatic carbocycles. The van der Waals surface area contributed by atoms with Crippen LogP contribution in [-0.2, 0) is 0 Å². The van der Waals surface area contributed by atoms with E-state index < -0.39 is 0 Å². The molecule has 4 rings (SSSR count). The molecule has 0 aromatic carbocycles. The Kier molecular flexibility index (Phi) is 2.47. The summed E-state index contributed by atoms with van der Waals surface area (Å²) < 4.78 is 0.0581. The molecular formula is C14H16BrN. The second-order valence-electron chi connectivity index (χ2n) is 5.26. The van der Waals surface area contributed by atoms with E-state index in [1.807, 2.05) is 0 Å². The van der Waals surface area contributed by atoms with Gasteiger partial charge in [0.2, 0.25) is 0 Å². The van der Waals surface area contributed by atoms with E-state index >= 15 is 0 Å². The third-order valence-electron chi connectivity index (χ3n) is 4.33. The van der Waals surface area contributed by atoms with Crippen molar-refractivity contribution in [2.45, 2.75) is 42.8 Å². The molecule has 4 aliphatic rings. The number of fused-ring (bicyclic) bond motifs is 1. The van der Waals surface area contributed by atoms with E-state index in [0.717, 1.165) is 6.42 Å². The highest BCUT2D eigenvalue weighted by Crippen LogP contribution is 2.55. The summed E-state index contributed by atoms with van der Waals surface area (Å²) in [6, 6.07) is 2.47. The number of nitriles is 1. The molecule has 0 aromatic heterocycles. The van der Waals surface area contributed by atoms with Crippen LogP contribution in [0.3, 0.4) is 0 Å². The van der Waals surface area contributed by atoms with Crippen molar-refractivity contribution in [2.24, 2.45) is 11.8 Å². The van der Waals surface area contributed by atoms with Gasteiger partial charge in [0.1, 0.15) is 0 Å². The SMILES string of the molecule is N#C[C@@H]1CC2(Br)C3=CC1C=C2CCCCC3. The van der Waals surface area contributed by atoms with Crippen LogP contribution >= 0.6 is 15.9 Å². The number of halogens is 1. The number of allylic oxidation sites excluding steroid dienone is 4. The smallest absolute Gasteiger partial charge is 0.0688 e. The molecule has 16 heavy (non-hydrogen) atoms. The predicted octanol–water partition coefficient (Wildman–Crippen LogP) is 4.11. The van der Waals surface area contributed by atoms with Gasteiger partial charge in [0, 0.05) is 5.92 Å². The van der Waals surface area contributed by atoms with Gasteiger partial charge in [-0.1, -0.05) is 45.6 Å². The largest absolute Gasteiger partial charge is 0.198 e. The zero-order valence-electron chi connectivity index (χ0n) is 9.38. The first-order valence-corrected chi connectivity index (χ1v) is 7.04. The highest BCUT2D eigenvalue weighted by molar-refractivity contribution is 9.10. The molecule has 2 heteroatoms. The Morgan fingerprint density at radius 3 is 2.38 bits per heavy atom. The molecule has 84 valence electrons. The third kappa shape index (κ3) is 1.41. The van der Waals surface area contributed by atoms with E-state index in [0.29, 0.717) is 5.92 Å². The fourth-order valence-corrected chi connectivity index (χ4v) is 4.43. The van der Waals surface area contributed by atoms with Crippen LogP contribution < -0.4 is 0 Å². The Morgan fingerprint density at radius 2 is 1.81 bits per heavy atom. The van der Waals surface area contributed by atoms with Crippen molar-refractivity contribution in [3.63, 3.8) is 0 Å². The maximum atomic E-state index is 9.19. The molecule has 0 radical (unpaired) electrons. The molecule has 0 heterocycles. The van der Waals surface area contributed by atoms with Crippen molar-refractivity contribution in [1.29, 1.82) is 5.26 Å². The van der Waals surface area contributed by atoms with E-state index in [1.165, 1.54) is 32.1 Å². The molecule has 4 bridgehead atoms. The Hall–Kier alpha value is -0.550. The van der Waals surface area contributed by atoms with Gasteiger partial charge in [-0.2, -0.15) is 5.26 Å². The standard InChI is InChI=1S/C14H16BrN/c15-14-8-11(9-16)10-6-12(14)4-2-1-3-5-13(14)7-10/h6-7,10-11H,1-5,8H2/t10?,11-,14?/m0/s1. The van der Waals surface area contributed by atoms with Gasteiger partial charge in [0.25, 0.3) is 0 Å². The minimum atomic E-state index is 0.0581. The molecule has 0 amide bonds. The second-order valence-corrected chi connectivity index (χ2v) is 6.62. The number of hydrogen-bond donors (Lipinski definition) is 0. The average Bonchev–Trinajstić information content (AvgIpc) is 2.29. The molecule has 1 saturated carbocycles. The number of nitrogens with zero attached hydrogens (tertiary/aromatic N) is 1. The van der Waals surface area contributed by atoms with Gasteiger partial charge in [-0.3, -0.25) is 0 Å². The molecule has 1 atom stereocenters. The molecule has 0 unspecified atom stereocenters. The van der Waals surface area contributed by atoms with Crippen LogP contribution in [0.1, 0.15) is 38.5 Å². The first-order valence-electron chi connectivity index (χ1n) is 6.25. The first kappa shape index (κ1) is 10.6. The van der Waals surface area contributed by atoms with Gasteiger partial charge in [-0.05, 0) is 32.1 Å². The third-order valence-corrected chi connectivity index (χ3v) is 5.67. The van der Waals surface area contributed by atoms with E-state index in [4.69, 9.17) is 0 Å². The Bertz CT molecular complexity index is 389. The highest BCUT2D eigenvalue weighted by Gasteiger charge is 2.46. The molecule has 0 spiro atoms. The predicted molar refractivity (Wildman–Crippen MR) is 68.1 cm³/mol. The van der Waals surface area contributed by atoms with Crippen LogP contribution in [0.5, 0.6) is 0 Å². The monoisotopic (exact) mass is 277 g/mol. The van der Waals surface area contributed by atoms with Crippen molar-refractivity contribution < 1.29 is 0 Å². The quantitative estimate of drug-likeness (QED) is 0.483. The molecule has 0 aliphatic heterocycles. The van der Waals surface area contributed by atoms with Crippen LogP contribution in [0.15, 0.2) is 23.3 Å². The lowest BCUT2D eigenvalue weighted by molar-refractivity contribution is 0.398. The summed E-state index contributed by atoms with van der Waals surface area (Å²) in [6.45, 7) is 0. The van der Waals surface area contributed by atoms with Crippen LogP contribution in [0, 0.1) is 23.2 Å². The summed E-state index contributed by atoms with van der Waals surface area (Å²) in [5.74, 6) is 0.582. The molecule has 1 fully saturated rings. The first-order chi connectivity index (χ1) is 7.74. The van der Waals surface area contributed by atoms with Gasteiger partial charge in [-0.15, -0.1) is 0 Å². The summed E-state index contributed by atoms with van der Waals surface area (Å²) in [4.78, 5) is 0. The Balaban J connectivity index is 2.04. The van der Waals surface area contributed by atoms with Gasteiger partial charge in [-0.25, -0.2) is 0 Å². The van der Waals surface area contributed by atoms with Gasteiger partial charge in [0.05, 0.1) is 16.3 Å². The lowest BCUT2D eigenvalue weighted by Crippen LogP contribution is -2.40. The molecular weight excluding hydrogens is 262 g/mol. The number of rotatable bonds is 0. The number of alkyl halides is 1. The maximum Gasteiger partial charge on any atom is 0.0688 e. The van der Waals surface area contributed by atoms with Crippen molar-refractivity contribution >= 4 is 15.9 Å². The lowest BCUT2D eigenvalue weighted by Gasteiger charge is -2.46. The molecule has 0 saturated heterocycles. The zero-order chi connectivity index (χ0) is 11.2. The molecule has 0 N–H and O–H groups in total. The maximum absolute atomic E-state index is 9.19. The van der Waals surface area contributed by atoms with E-state index in [2.05, 4.69) is 34.2 Å². The summed E-state index contributed by atoms with van der Waals surface area (Å²) in [7, 11) is 0. The summed E-state index contributed by atoms with van der Waals surface area (Å²) in [5, 5.41) is 9.19. The second kappa shape index (κ2) is 3.74.